The Morgan fingerprint density at radius 1 is 1.17 bits per heavy atom. The molecule has 0 heterocycles. The van der Waals surface area contributed by atoms with Crippen LogP contribution in [0.4, 0.5) is 4.79 Å². The summed E-state index contributed by atoms with van der Waals surface area (Å²) in [4.78, 5) is 22.5. The van der Waals surface area contributed by atoms with Gasteiger partial charge in [0.2, 0.25) is 0 Å². The number of methoxy groups -OCH3 is 1. The number of hydrogen-bond acceptors (Lipinski definition) is 3. The summed E-state index contributed by atoms with van der Waals surface area (Å²) in [5, 5.41) is 14.2. The van der Waals surface area contributed by atoms with Crippen LogP contribution in [0, 0.1) is 11.8 Å². The van der Waals surface area contributed by atoms with Crippen LogP contribution in [0.5, 0.6) is 0 Å². The number of carboxylic acid groups (broad SMARTS) is 1. The zero-order chi connectivity index (χ0) is 14.3. The third kappa shape index (κ3) is 5.86. The molecule has 3 N–H and O–H groups in total. The standard InChI is InChI=1S/C12H24N2O4/c1-7(2)10(6-18-5)14-12(17)13-9(4)8(3)11(15)16/h7-10H,6H2,1-5H3,(H,15,16)(H2,13,14,17). The first-order valence-corrected chi connectivity index (χ1v) is 6.08. The molecule has 0 aromatic carbocycles. The van der Waals surface area contributed by atoms with Crippen molar-refractivity contribution in [3.05, 3.63) is 0 Å². The van der Waals surface area contributed by atoms with Crippen LogP contribution in [0.15, 0.2) is 0 Å². The van der Waals surface area contributed by atoms with Gasteiger partial charge in [0.1, 0.15) is 0 Å². The lowest BCUT2D eigenvalue weighted by atomic mass is 10.0. The van der Waals surface area contributed by atoms with Gasteiger partial charge in [-0.05, 0) is 19.8 Å². The van der Waals surface area contributed by atoms with Crippen molar-refractivity contribution in [2.75, 3.05) is 13.7 Å². The normalized spacial score (nSPS) is 15.9. The van der Waals surface area contributed by atoms with Gasteiger partial charge in [0.05, 0.1) is 18.6 Å². The van der Waals surface area contributed by atoms with Crippen molar-refractivity contribution in [3.63, 3.8) is 0 Å². The number of rotatable bonds is 7. The second-order valence-corrected chi connectivity index (χ2v) is 4.84. The van der Waals surface area contributed by atoms with Gasteiger partial charge >= 0.3 is 12.0 Å². The van der Waals surface area contributed by atoms with Crippen LogP contribution in [0.3, 0.4) is 0 Å². The molecule has 0 aliphatic heterocycles. The summed E-state index contributed by atoms with van der Waals surface area (Å²) < 4.78 is 5.02. The van der Waals surface area contributed by atoms with Crippen LogP contribution in [0.1, 0.15) is 27.7 Å². The lowest BCUT2D eigenvalue weighted by Gasteiger charge is -2.24. The van der Waals surface area contributed by atoms with Crippen molar-refractivity contribution in [1.82, 2.24) is 10.6 Å². The fourth-order valence-corrected chi connectivity index (χ4v) is 1.34. The predicted molar refractivity (Wildman–Crippen MR) is 68.4 cm³/mol. The Bertz CT molecular complexity index is 281. The van der Waals surface area contributed by atoms with Crippen molar-refractivity contribution >= 4 is 12.0 Å². The Labute approximate surface area is 108 Å². The van der Waals surface area contributed by atoms with E-state index in [0.717, 1.165) is 0 Å². The number of aliphatic carboxylic acids is 1. The summed E-state index contributed by atoms with van der Waals surface area (Å²) in [5.41, 5.74) is 0. The predicted octanol–water partition coefficient (Wildman–Crippen LogP) is 1.07. The van der Waals surface area contributed by atoms with Crippen LogP contribution < -0.4 is 10.6 Å². The van der Waals surface area contributed by atoms with Gasteiger partial charge < -0.3 is 20.5 Å². The van der Waals surface area contributed by atoms with E-state index in [4.69, 9.17) is 9.84 Å². The second kappa shape index (κ2) is 7.92. The molecule has 0 spiro atoms. The van der Waals surface area contributed by atoms with E-state index in [0.29, 0.717) is 6.61 Å². The van der Waals surface area contributed by atoms with Gasteiger partial charge in [0.15, 0.2) is 0 Å². The minimum atomic E-state index is -0.930. The summed E-state index contributed by atoms with van der Waals surface area (Å²) in [6.45, 7) is 7.61. The van der Waals surface area contributed by atoms with Crippen LogP contribution in [0.25, 0.3) is 0 Å². The van der Waals surface area contributed by atoms with E-state index >= 15 is 0 Å². The fourth-order valence-electron chi connectivity index (χ4n) is 1.34. The number of hydrogen-bond donors (Lipinski definition) is 3. The highest BCUT2D eigenvalue weighted by Gasteiger charge is 2.22. The molecule has 0 aliphatic carbocycles. The number of carbonyl (C=O) groups excluding carboxylic acids is 1. The Hall–Kier alpha value is -1.30. The number of amides is 2. The topological polar surface area (TPSA) is 87.7 Å². The van der Waals surface area contributed by atoms with Gasteiger partial charge in [0.25, 0.3) is 0 Å². The highest BCUT2D eigenvalue weighted by molar-refractivity contribution is 5.76. The second-order valence-electron chi connectivity index (χ2n) is 4.84. The quantitative estimate of drug-likeness (QED) is 0.639. The van der Waals surface area contributed by atoms with Crippen molar-refractivity contribution in [2.24, 2.45) is 11.8 Å². The van der Waals surface area contributed by atoms with Gasteiger partial charge in [-0.3, -0.25) is 4.79 Å². The highest BCUT2D eigenvalue weighted by Crippen LogP contribution is 2.04. The van der Waals surface area contributed by atoms with Crippen molar-refractivity contribution in [1.29, 1.82) is 0 Å². The molecule has 0 aromatic rings. The van der Waals surface area contributed by atoms with E-state index in [9.17, 15) is 9.59 Å². The molecule has 0 aliphatic rings. The number of nitrogens with one attached hydrogen (secondary N) is 2. The Morgan fingerprint density at radius 2 is 1.72 bits per heavy atom. The number of carbonyl (C=O) groups is 2. The summed E-state index contributed by atoms with van der Waals surface area (Å²) >= 11 is 0. The molecule has 6 heteroatoms. The maximum Gasteiger partial charge on any atom is 0.315 e. The Kier molecular flexibility index (Phi) is 7.35. The van der Waals surface area contributed by atoms with E-state index in [-0.39, 0.29) is 18.0 Å². The molecule has 0 rings (SSSR count). The lowest BCUT2D eigenvalue weighted by Crippen LogP contribution is -2.50. The average Bonchev–Trinajstić information content (AvgIpc) is 2.26. The molecule has 6 nitrogen and oxygen atoms in total. The SMILES string of the molecule is COCC(NC(=O)NC(C)C(C)C(=O)O)C(C)C. The largest absolute Gasteiger partial charge is 0.481 e. The summed E-state index contributed by atoms with van der Waals surface area (Å²) in [7, 11) is 1.57. The van der Waals surface area contributed by atoms with Gasteiger partial charge in [-0.25, -0.2) is 4.79 Å². The number of urea groups is 1. The highest BCUT2D eigenvalue weighted by atomic mass is 16.5. The zero-order valence-electron chi connectivity index (χ0n) is 11.7. The number of ether oxygens (including phenoxy) is 1. The van der Waals surface area contributed by atoms with E-state index in [1.807, 2.05) is 13.8 Å². The third-order valence-corrected chi connectivity index (χ3v) is 2.97. The molecule has 0 radical (unpaired) electrons. The molecule has 0 saturated carbocycles. The Morgan fingerprint density at radius 3 is 2.11 bits per heavy atom. The zero-order valence-corrected chi connectivity index (χ0v) is 11.7. The number of carboxylic acids is 1. The first-order valence-electron chi connectivity index (χ1n) is 6.08. The van der Waals surface area contributed by atoms with Crippen LogP contribution in [-0.4, -0.2) is 42.9 Å². The maximum atomic E-state index is 11.7. The van der Waals surface area contributed by atoms with Gasteiger partial charge in [0, 0.05) is 13.2 Å². The molecule has 0 fully saturated rings. The van der Waals surface area contributed by atoms with Crippen molar-refractivity contribution < 1.29 is 19.4 Å². The van der Waals surface area contributed by atoms with Crippen molar-refractivity contribution in [3.8, 4) is 0 Å². The Balaban J connectivity index is 4.27. The molecular weight excluding hydrogens is 236 g/mol. The van der Waals surface area contributed by atoms with Crippen molar-refractivity contribution in [2.45, 2.75) is 39.8 Å². The smallest absolute Gasteiger partial charge is 0.315 e. The van der Waals surface area contributed by atoms with E-state index in [1.54, 1.807) is 21.0 Å². The fraction of sp³-hybridized carbons (Fsp3) is 0.833. The molecule has 3 unspecified atom stereocenters. The van der Waals surface area contributed by atoms with Gasteiger partial charge in [-0.2, -0.15) is 0 Å². The molecule has 18 heavy (non-hydrogen) atoms. The summed E-state index contributed by atoms with van der Waals surface area (Å²) in [5.74, 6) is -1.32. The van der Waals surface area contributed by atoms with Gasteiger partial charge in [-0.1, -0.05) is 13.8 Å². The molecule has 0 saturated heterocycles. The first kappa shape index (κ1) is 16.7. The van der Waals surface area contributed by atoms with Crippen LogP contribution >= 0.6 is 0 Å². The summed E-state index contributed by atoms with van der Waals surface area (Å²) in [6.07, 6.45) is 0. The maximum absolute atomic E-state index is 11.7. The van der Waals surface area contributed by atoms with Crippen LogP contribution in [0.2, 0.25) is 0 Å². The first-order chi connectivity index (χ1) is 8.29. The molecule has 2 amide bonds. The molecule has 0 aromatic heterocycles. The molecular formula is C12H24N2O4. The van der Waals surface area contributed by atoms with E-state index < -0.39 is 17.9 Å². The monoisotopic (exact) mass is 260 g/mol. The van der Waals surface area contributed by atoms with Crippen LogP contribution in [-0.2, 0) is 9.53 Å². The lowest BCUT2D eigenvalue weighted by molar-refractivity contribution is -0.141. The molecule has 3 atom stereocenters. The van der Waals surface area contributed by atoms with Gasteiger partial charge in [-0.15, -0.1) is 0 Å². The van der Waals surface area contributed by atoms with E-state index in [2.05, 4.69) is 10.6 Å². The average molecular weight is 260 g/mol. The van der Waals surface area contributed by atoms with E-state index in [1.165, 1.54) is 0 Å². The minimum Gasteiger partial charge on any atom is -0.481 e. The third-order valence-electron chi connectivity index (χ3n) is 2.97. The minimum absolute atomic E-state index is 0.0951. The molecule has 106 valence electrons. The molecule has 0 bridgehead atoms. The summed E-state index contributed by atoms with van der Waals surface area (Å²) in [6, 6.07) is -0.897.